The van der Waals surface area contributed by atoms with Gasteiger partial charge in [0.15, 0.2) is 0 Å². The summed E-state index contributed by atoms with van der Waals surface area (Å²) in [7, 11) is 1.88. The van der Waals surface area contributed by atoms with Gasteiger partial charge in [-0.05, 0) is 25.0 Å². The van der Waals surface area contributed by atoms with Crippen LogP contribution < -0.4 is 0 Å². The Kier molecular flexibility index (Phi) is 5.25. The van der Waals surface area contributed by atoms with Crippen LogP contribution in [0.4, 0.5) is 4.39 Å². The predicted molar refractivity (Wildman–Crippen MR) is 76.8 cm³/mol. The molecule has 1 fully saturated rings. The summed E-state index contributed by atoms with van der Waals surface area (Å²) in [5.41, 5.74) is 0. The first kappa shape index (κ1) is 14.4. The van der Waals surface area contributed by atoms with Crippen LogP contribution in [0.3, 0.4) is 0 Å². The first-order chi connectivity index (χ1) is 9.18. The maximum absolute atomic E-state index is 13.5. The average Bonchev–Trinajstić information content (AvgIpc) is 2.46. The van der Waals surface area contributed by atoms with Gasteiger partial charge in [-0.3, -0.25) is 4.79 Å². The molecule has 0 atom stereocenters. The highest BCUT2D eigenvalue weighted by atomic mass is 32.2. The van der Waals surface area contributed by atoms with Crippen LogP contribution in [0.15, 0.2) is 29.2 Å². The van der Waals surface area contributed by atoms with Crippen LogP contribution >= 0.6 is 11.8 Å². The van der Waals surface area contributed by atoms with E-state index in [4.69, 9.17) is 0 Å². The van der Waals surface area contributed by atoms with Crippen molar-refractivity contribution in [3.05, 3.63) is 30.1 Å². The summed E-state index contributed by atoms with van der Waals surface area (Å²) in [6.07, 6.45) is 5.91. The van der Waals surface area contributed by atoms with Crippen LogP contribution in [0, 0.1) is 5.82 Å². The van der Waals surface area contributed by atoms with Crippen LogP contribution in [-0.2, 0) is 4.79 Å². The van der Waals surface area contributed by atoms with Crippen molar-refractivity contribution in [3.8, 4) is 0 Å². The zero-order chi connectivity index (χ0) is 13.7. The Morgan fingerprint density at radius 3 is 2.68 bits per heavy atom. The minimum Gasteiger partial charge on any atom is -0.342 e. The number of carbonyl (C=O) groups excluding carboxylic acids is 1. The first-order valence-corrected chi connectivity index (χ1v) is 7.80. The lowest BCUT2D eigenvalue weighted by atomic mass is 9.94. The third kappa shape index (κ3) is 3.96. The molecule has 1 aromatic rings. The Balaban J connectivity index is 1.85. The van der Waals surface area contributed by atoms with E-state index in [1.165, 1.54) is 37.1 Å². The summed E-state index contributed by atoms with van der Waals surface area (Å²) >= 11 is 1.28. The zero-order valence-electron chi connectivity index (χ0n) is 11.3. The van der Waals surface area contributed by atoms with E-state index in [1.54, 1.807) is 18.2 Å². The van der Waals surface area contributed by atoms with Gasteiger partial charge in [0.1, 0.15) is 5.82 Å². The number of nitrogens with zero attached hydrogens (tertiary/aromatic N) is 1. The van der Waals surface area contributed by atoms with Crippen molar-refractivity contribution in [1.82, 2.24) is 4.90 Å². The zero-order valence-corrected chi connectivity index (χ0v) is 12.1. The molecule has 104 valence electrons. The highest BCUT2D eigenvalue weighted by molar-refractivity contribution is 8.00. The van der Waals surface area contributed by atoms with Gasteiger partial charge < -0.3 is 4.90 Å². The first-order valence-electron chi connectivity index (χ1n) is 6.81. The number of rotatable bonds is 4. The summed E-state index contributed by atoms with van der Waals surface area (Å²) in [6.45, 7) is 0. The molecule has 2 nitrogen and oxygen atoms in total. The van der Waals surface area contributed by atoms with Gasteiger partial charge in [0.25, 0.3) is 0 Å². The van der Waals surface area contributed by atoms with E-state index in [0.717, 1.165) is 12.8 Å². The number of amides is 1. The van der Waals surface area contributed by atoms with E-state index in [0.29, 0.717) is 16.7 Å². The fraction of sp³-hybridized carbons (Fsp3) is 0.533. The molecule has 1 aliphatic carbocycles. The summed E-state index contributed by atoms with van der Waals surface area (Å²) < 4.78 is 13.5. The van der Waals surface area contributed by atoms with Crippen LogP contribution in [0.5, 0.6) is 0 Å². The van der Waals surface area contributed by atoms with Gasteiger partial charge in [0.05, 0.1) is 5.75 Å². The lowest BCUT2D eigenvalue weighted by molar-refractivity contribution is -0.129. The molecule has 0 radical (unpaired) electrons. The lowest BCUT2D eigenvalue weighted by Crippen LogP contribution is -2.39. The van der Waals surface area contributed by atoms with E-state index >= 15 is 0 Å². The molecule has 19 heavy (non-hydrogen) atoms. The molecule has 1 aromatic carbocycles. The molecule has 1 aliphatic rings. The van der Waals surface area contributed by atoms with E-state index in [1.807, 2.05) is 11.9 Å². The van der Waals surface area contributed by atoms with Crippen molar-refractivity contribution >= 4 is 17.7 Å². The molecule has 0 spiro atoms. The molecular formula is C15H20FNOS. The fourth-order valence-corrected chi connectivity index (χ4v) is 3.34. The summed E-state index contributed by atoms with van der Waals surface area (Å²) in [4.78, 5) is 14.5. The van der Waals surface area contributed by atoms with Gasteiger partial charge >= 0.3 is 0 Å². The Bertz CT molecular complexity index is 432. The molecule has 0 aliphatic heterocycles. The molecule has 0 unspecified atom stereocenters. The van der Waals surface area contributed by atoms with Gasteiger partial charge in [-0.2, -0.15) is 0 Å². The lowest BCUT2D eigenvalue weighted by Gasteiger charge is -2.31. The van der Waals surface area contributed by atoms with Crippen LogP contribution in [0.1, 0.15) is 32.1 Å². The quantitative estimate of drug-likeness (QED) is 0.784. The maximum Gasteiger partial charge on any atom is 0.232 e. The third-order valence-corrected chi connectivity index (χ3v) is 4.74. The van der Waals surface area contributed by atoms with Gasteiger partial charge in [-0.1, -0.05) is 31.4 Å². The molecule has 0 aromatic heterocycles. The normalized spacial score (nSPS) is 16.3. The van der Waals surface area contributed by atoms with Gasteiger partial charge in [-0.15, -0.1) is 11.8 Å². The molecule has 0 saturated heterocycles. The summed E-state index contributed by atoms with van der Waals surface area (Å²) in [5.74, 6) is 0.161. The second-order valence-electron chi connectivity index (χ2n) is 5.02. The molecule has 4 heteroatoms. The molecule has 0 N–H and O–H groups in total. The van der Waals surface area contributed by atoms with E-state index < -0.39 is 0 Å². The Morgan fingerprint density at radius 2 is 2.00 bits per heavy atom. The monoisotopic (exact) mass is 281 g/mol. The van der Waals surface area contributed by atoms with Crippen molar-refractivity contribution in [2.45, 2.75) is 43.0 Å². The van der Waals surface area contributed by atoms with Gasteiger partial charge in [0, 0.05) is 18.0 Å². The van der Waals surface area contributed by atoms with Crippen LogP contribution in [-0.4, -0.2) is 29.6 Å². The number of halogens is 1. The third-order valence-electron chi connectivity index (χ3n) is 3.70. The van der Waals surface area contributed by atoms with Crippen molar-refractivity contribution in [2.75, 3.05) is 12.8 Å². The van der Waals surface area contributed by atoms with Crippen molar-refractivity contribution in [2.24, 2.45) is 0 Å². The van der Waals surface area contributed by atoms with Crippen molar-refractivity contribution < 1.29 is 9.18 Å². The Hall–Kier alpha value is -1.03. The standard InChI is InChI=1S/C15H20FNOS/c1-17(12-7-3-2-4-8-12)15(18)11-19-14-10-6-5-9-13(14)16/h5-6,9-10,12H,2-4,7-8,11H2,1H3. The SMILES string of the molecule is CN(C(=O)CSc1ccccc1F)C1CCCCC1. The van der Waals surface area contributed by atoms with Crippen molar-refractivity contribution in [3.63, 3.8) is 0 Å². The van der Waals surface area contributed by atoms with Crippen molar-refractivity contribution in [1.29, 1.82) is 0 Å². The number of benzene rings is 1. The number of hydrogen-bond donors (Lipinski definition) is 0. The Labute approximate surface area is 118 Å². The smallest absolute Gasteiger partial charge is 0.232 e. The van der Waals surface area contributed by atoms with Crippen LogP contribution in [0.25, 0.3) is 0 Å². The minimum absolute atomic E-state index is 0.0974. The summed E-state index contributed by atoms with van der Waals surface area (Å²) in [5, 5.41) is 0. The topological polar surface area (TPSA) is 20.3 Å². The van der Waals surface area contributed by atoms with Crippen LogP contribution in [0.2, 0.25) is 0 Å². The second kappa shape index (κ2) is 6.94. The number of thioether (sulfide) groups is 1. The Morgan fingerprint density at radius 1 is 1.32 bits per heavy atom. The highest BCUT2D eigenvalue weighted by Crippen LogP contribution is 2.24. The van der Waals surface area contributed by atoms with E-state index in [9.17, 15) is 9.18 Å². The highest BCUT2D eigenvalue weighted by Gasteiger charge is 2.22. The molecule has 0 bridgehead atoms. The summed E-state index contributed by atoms with van der Waals surface area (Å²) in [6, 6.07) is 6.98. The van der Waals surface area contributed by atoms with Gasteiger partial charge in [0.2, 0.25) is 5.91 Å². The van der Waals surface area contributed by atoms with E-state index in [-0.39, 0.29) is 11.7 Å². The average molecular weight is 281 g/mol. The molecule has 2 rings (SSSR count). The largest absolute Gasteiger partial charge is 0.342 e. The maximum atomic E-state index is 13.5. The molecule has 1 amide bonds. The fourth-order valence-electron chi connectivity index (χ4n) is 2.48. The van der Waals surface area contributed by atoms with Gasteiger partial charge in [-0.25, -0.2) is 4.39 Å². The molecular weight excluding hydrogens is 261 g/mol. The minimum atomic E-state index is -0.249. The molecule has 1 saturated carbocycles. The van der Waals surface area contributed by atoms with E-state index in [2.05, 4.69) is 0 Å². The number of carbonyl (C=O) groups is 1. The second-order valence-corrected chi connectivity index (χ2v) is 6.03. The molecule has 0 heterocycles. The number of hydrogen-bond acceptors (Lipinski definition) is 2. The predicted octanol–water partition coefficient (Wildman–Crippen LogP) is 3.71.